The van der Waals surface area contributed by atoms with Crippen LogP contribution in [-0.4, -0.2) is 31.8 Å². The molecule has 4 rings (SSSR count). The number of anilines is 1. The lowest BCUT2D eigenvalue weighted by atomic mass is 10.0. The average molecular weight is 326 g/mol. The molecule has 0 spiro atoms. The second kappa shape index (κ2) is 6.18. The van der Waals surface area contributed by atoms with Crippen LogP contribution < -0.4 is 9.64 Å². The summed E-state index contributed by atoms with van der Waals surface area (Å²) < 4.78 is 11.3. The molecule has 0 radical (unpaired) electrons. The minimum atomic E-state index is 0.0825. The Morgan fingerprint density at radius 3 is 2.91 bits per heavy atom. The Morgan fingerprint density at radius 2 is 2.09 bits per heavy atom. The first kappa shape index (κ1) is 14.5. The molecule has 1 aliphatic heterocycles. The highest BCUT2D eigenvalue weighted by molar-refractivity contribution is 7.13. The van der Waals surface area contributed by atoms with Crippen LogP contribution in [-0.2, 0) is 4.74 Å². The summed E-state index contributed by atoms with van der Waals surface area (Å²) in [6, 6.07) is 12.7. The molecule has 2 aromatic carbocycles. The fraction of sp³-hybridized carbons (Fsp3) is 0.278. The molecule has 2 heterocycles. The Morgan fingerprint density at radius 1 is 1.22 bits per heavy atom. The van der Waals surface area contributed by atoms with Gasteiger partial charge in [-0.05, 0) is 34.5 Å². The van der Waals surface area contributed by atoms with Crippen molar-refractivity contribution in [2.24, 2.45) is 0 Å². The standard InChI is InChI=1S/C18H18N2O2S/c1-21-16-5-4-13-10-15(3-2-14(13)11-16)17-12-20(7-8-22-17)18-19-6-9-23-18/h2-6,9-11,17H,7-8,12H2,1H3/t17-/m1/s1. The van der Waals surface area contributed by atoms with Crippen LogP contribution in [0.2, 0.25) is 0 Å². The zero-order valence-electron chi connectivity index (χ0n) is 12.9. The van der Waals surface area contributed by atoms with Crippen LogP contribution in [0.1, 0.15) is 11.7 Å². The number of fused-ring (bicyclic) bond motifs is 1. The molecule has 0 N–H and O–H groups in total. The van der Waals surface area contributed by atoms with E-state index in [1.807, 2.05) is 17.6 Å². The molecular weight excluding hydrogens is 308 g/mol. The van der Waals surface area contributed by atoms with E-state index in [0.29, 0.717) is 0 Å². The molecule has 1 aromatic heterocycles. The van der Waals surface area contributed by atoms with Gasteiger partial charge in [-0.3, -0.25) is 0 Å². The van der Waals surface area contributed by atoms with Gasteiger partial charge in [0.2, 0.25) is 0 Å². The predicted molar refractivity (Wildman–Crippen MR) is 93.5 cm³/mol. The Hall–Kier alpha value is -2.11. The Labute approximate surface area is 139 Å². The van der Waals surface area contributed by atoms with Crippen molar-refractivity contribution in [2.75, 3.05) is 31.7 Å². The topological polar surface area (TPSA) is 34.6 Å². The Balaban J connectivity index is 1.60. The summed E-state index contributed by atoms with van der Waals surface area (Å²) in [5, 5.41) is 5.48. The maximum absolute atomic E-state index is 6.00. The van der Waals surface area contributed by atoms with Crippen LogP contribution in [0.15, 0.2) is 48.0 Å². The Kier molecular flexibility index (Phi) is 3.89. The summed E-state index contributed by atoms with van der Waals surface area (Å²) >= 11 is 1.68. The molecule has 23 heavy (non-hydrogen) atoms. The number of benzene rings is 2. The highest BCUT2D eigenvalue weighted by atomic mass is 32.1. The number of methoxy groups -OCH3 is 1. The van der Waals surface area contributed by atoms with Gasteiger partial charge in [-0.1, -0.05) is 18.2 Å². The van der Waals surface area contributed by atoms with E-state index in [2.05, 4.69) is 40.2 Å². The highest BCUT2D eigenvalue weighted by Crippen LogP contribution is 2.30. The molecule has 1 aliphatic rings. The van der Waals surface area contributed by atoms with Crippen molar-refractivity contribution < 1.29 is 9.47 Å². The quantitative estimate of drug-likeness (QED) is 0.731. The van der Waals surface area contributed by atoms with Gasteiger partial charge in [-0.2, -0.15) is 0 Å². The van der Waals surface area contributed by atoms with Gasteiger partial charge in [0.15, 0.2) is 5.13 Å². The maximum Gasteiger partial charge on any atom is 0.185 e. The van der Waals surface area contributed by atoms with Crippen molar-refractivity contribution in [3.05, 3.63) is 53.5 Å². The zero-order valence-corrected chi connectivity index (χ0v) is 13.8. The lowest BCUT2D eigenvalue weighted by Crippen LogP contribution is -2.38. The molecule has 0 saturated carbocycles. The van der Waals surface area contributed by atoms with Crippen molar-refractivity contribution in [1.82, 2.24) is 4.98 Å². The van der Waals surface area contributed by atoms with Crippen molar-refractivity contribution >= 4 is 27.2 Å². The van der Waals surface area contributed by atoms with Crippen LogP contribution >= 0.6 is 11.3 Å². The SMILES string of the molecule is COc1ccc2cc([C@H]3CN(c4nccs4)CCO3)ccc2c1. The maximum atomic E-state index is 6.00. The molecule has 3 aromatic rings. The van der Waals surface area contributed by atoms with E-state index < -0.39 is 0 Å². The van der Waals surface area contributed by atoms with Crippen LogP contribution in [0.4, 0.5) is 5.13 Å². The highest BCUT2D eigenvalue weighted by Gasteiger charge is 2.23. The van der Waals surface area contributed by atoms with Gasteiger partial charge in [-0.15, -0.1) is 11.3 Å². The number of ether oxygens (including phenoxy) is 2. The monoisotopic (exact) mass is 326 g/mol. The van der Waals surface area contributed by atoms with Crippen molar-refractivity contribution in [1.29, 1.82) is 0 Å². The largest absolute Gasteiger partial charge is 0.497 e. The number of hydrogen-bond donors (Lipinski definition) is 0. The van der Waals surface area contributed by atoms with Gasteiger partial charge in [0, 0.05) is 18.1 Å². The number of rotatable bonds is 3. The first-order valence-electron chi connectivity index (χ1n) is 7.67. The summed E-state index contributed by atoms with van der Waals surface area (Å²) in [6.07, 6.45) is 1.94. The summed E-state index contributed by atoms with van der Waals surface area (Å²) in [5.74, 6) is 0.883. The zero-order chi connectivity index (χ0) is 15.6. The van der Waals surface area contributed by atoms with E-state index in [9.17, 15) is 0 Å². The van der Waals surface area contributed by atoms with Crippen molar-refractivity contribution in [3.8, 4) is 5.75 Å². The van der Waals surface area contributed by atoms with Crippen molar-refractivity contribution in [2.45, 2.75) is 6.10 Å². The van der Waals surface area contributed by atoms with Gasteiger partial charge in [-0.25, -0.2) is 4.98 Å². The lowest BCUT2D eigenvalue weighted by molar-refractivity contribution is 0.0399. The second-order valence-electron chi connectivity index (χ2n) is 5.59. The molecule has 0 bridgehead atoms. The number of nitrogens with zero attached hydrogens (tertiary/aromatic N) is 2. The van der Waals surface area contributed by atoms with E-state index in [-0.39, 0.29) is 6.10 Å². The van der Waals surface area contributed by atoms with Crippen molar-refractivity contribution in [3.63, 3.8) is 0 Å². The van der Waals surface area contributed by atoms with E-state index in [0.717, 1.165) is 30.6 Å². The smallest absolute Gasteiger partial charge is 0.185 e. The summed E-state index contributed by atoms with van der Waals surface area (Å²) in [4.78, 5) is 6.71. The molecule has 4 nitrogen and oxygen atoms in total. The number of aromatic nitrogens is 1. The number of thiazole rings is 1. The number of hydrogen-bond acceptors (Lipinski definition) is 5. The van der Waals surface area contributed by atoms with Gasteiger partial charge in [0.25, 0.3) is 0 Å². The van der Waals surface area contributed by atoms with E-state index >= 15 is 0 Å². The van der Waals surface area contributed by atoms with Crippen LogP contribution in [0.3, 0.4) is 0 Å². The average Bonchev–Trinajstić information content (AvgIpc) is 3.15. The minimum absolute atomic E-state index is 0.0825. The fourth-order valence-electron chi connectivity index (χ4n) is 2.97. The molecule has 0 aliphatic carbocycles. The minimum Gasteiger partial charge on any atom is -0.497 e. The molecular formula is C18H18N2O2S. The van der Waals surface area contributed by atoms with Crippen LogP contribution in [0.25, 0.3) is 10.8 Å². The predicted octanol–water partition coefficient (Wildman–Crippen LogP) is 3.88. The van der Waals surface area contributed by atoms with E-state index in [1.54, 1.807) is 18.4 Å². The third-order valence-corrected chi connectivity index (χ3v) is 5.03. The molecule has 1 atom stereocenters. The second-order valence-corrected chi connectivity index (χ2v) is 6.47. The summed E-state index contributed by atoms with van der Waals surface area (Å²) in [7, 11) is 1.69. The molecule has 1 fully saturated rings. The normalized spacial score (nSPS) is 18.3. The van der Waals surface area contributed by atoms with Crippen LogP contribution in [0.5, 0.6) is 5.75 Å². The Bertz CT molecular complexity index is 804. The van der Waals surface area contributed by atoms with E-state index in [4.69, 9.17) is 9.47 Å². The first-order chi connectivity index (χ1) is 11.3. The fourth-order valence-corrected chi connectivity index (χ4v) is 3.65. The van der Waals surface area contributed by atoms with Gasteiger partial charge in [0.05, 0.1) is 20.3 Å². The van der Waals surface area contributed by atoms with E-state index in [1.165, 1.54) is 16.3 Å². The third-order valence-electron chi connectivity index (χ3n) is 4.20. The van der Waals surface area contributed by atoms with Crippen LogP contribution in [0, 0.1) is 0 Å². The number of morpholine rings is 1. The van der Waals surface area contributed by atoms with Gasteiger partial charge >= 0.3 is 0 Å². The molecule has 0 amide bonds. The molecule has 118 valence electrons. The molecule has 0 unspecified atom stereocenters. The summed E-state index contributed by atoms with van der Waals surface area (Å²) in [5.41, 5.74) is 1.21. The molecule has 5 heteroatoms. The first-order valence-corrected chi connectivity index (χ1v) is 8.55. The molecule has 1 saturated heterocycles. The third kappa shape index (κ3) is 2.90. The lowest BCUT2D eigenvalue weighted by Gasteiger charge is -2.33. The van der Waals surface area contributed by atoms with Gasteiger partial charge < -0.3 is 14.4 Å². The summed E-state index contributed by atoms with van der Waals surface area (Å²) in [6.45, 7) is 2.47. The van der Waals surface area contributed by atoms with Gasteiger partial charge in [0.1, 0.15) is 11.9 Å².